The maximum atomic E-state index is 9.48. The molecule has 0 bridgehead atoms. The minimum absolute atomic E-state index is 0.238. The highest BCUT2D eigenvalue weighted by Gasteiger charge is 2.15. The van der Waals surface area contributed by atoms with Gasteiger partial charge in [0.15, 0.2) is 5.82 Å². The second-order valence-corrected chi connectivity index (χ2v) is 5.32. The summed E-state index contributed by atoms with van der Waals surface area (Å²) in [7, 11) is 0. The molecule has 2 aromatic heterocycles. The van der Waals surface area contributed by atoms with Crippen molar-refractivity contribution in [1.29, 1.82) is 0 Å². The zero-order chi connectivity index (χ0) is 12.7. The number of fused-ring (bicyclic) bond motifs is 1. The highest BCUT2D eigenvalue weighted by molar-refractivity contribution is 7.19. The second kappa shape index (κ2) is 4.06. The minimum Gasteiger partial charge on any atom is -0.508 e. The number of hydrogen-bond acceptors (Lipinski definition) is 5. The van der Waals surface area contributed by atoms with Crippen LogP contribution in [0.25, 0.3) is 15.5 Å². The van der Waals surface area contributed by atoms with Gasteiger partial charge in [-0.05, 0) is 12.1 Å². The Morgan fingerprint density at radius 1 is 1.28 bits per heavy atom. The number of phenols is 1. The molecule has 0 fully saturated rings. The van der Waals surface area contributed by atoms with Gasteiger partial charge in [0.05, 0.1) is 0 Å². The minimum atomic E-state index is 0.238. The van der Waals surface area contributed by atoms with Crippen LogP contribution in [0.3, 0.4) is 0 Å². The van der Waals surface area contributed by atoms with Gasteiger partial charge in [0.1, 0.15) is 10.8 Å². The second-order valence-electron chi connectivity index (χ2n) is 4.36. The molecule has 1 N–H and O–H groups in total. The van der Waals surface area contributed by atoms with Crippen LogP contribution in [0, 0.1) is 0 Å². The Labute approximate surface area is 108 Å². The third-order valence-corrected chi connectivity index (χ3v) is 3.57. The number of phenolic OH excluding ortho intramolecular Hbond substituents is 1. The van der Waals surface area contributed by atoms with Gasteiger partial charge >= 0.3 is 0 Å². The lowest BCUT2D eigenvalue weighted by atomic mass is 10.2. The number of nitrogens with zero attached hydrogens (tertiary/aromatic N) is 4. The molecule has 2 heterocycles. The quantitative estimate of drug-likeness (QED) is 0.769. The van der Waals surface area contributed by atoms with Crippen LogP contribution in [0.15, 0.2) is 24.3 Å². The third-order valence-electron chi connectivity index (χ3n) is 2.62. The molecule has 0 aliphatic carbocycles. The van der Waals surface area contributed by atoms with Crippen LogP contribution in [0.2, 0.25) is 0 Å². The van der Waals surface area contributed by atoms with Crippen molar-refractivity contribution in [2.45, 2.75) is 19.8 Å². The zero-order valence-electron chi connectivity index (χ0n) is 10.0. The summed E-state index contributed by atoms with van der Waals surface area (Å²) in [5.74, 6) is 1.37. The van der Waals surface area contributed by atoms with E-state index in [4.69, 9.17) is 0 Å². The van der Waals surface area contributed by atoms with Crippen LogP contribution in [0.1, 0.15) is 25.6 Å². The first-order valence-corrected chi connectivity index (χ1v) is 6.48. The Balaban J connectivity index is 2.14. The predicted octanol–water partition coefficient (Wildman–Crippen LogP) is 2.68. The van der Waals surface area contributed by atoms with Gasteiger partial charge in [0.25, 0.3) is 0 Å². The third kappa shape index (κ3) is 1.74. The largest absolute Gasteiger partial charge is 0.508 e. The fourth-order valence-electron chi connectivity index (χ4n) is 1.75. The molecule has 0 radical (unpaired) electrons. The van der Waals surface area contributed by atoms with E-state index in [1.807, 2.05) is 6.07 Å². The normalized spacial score (nSPS) is 11.5. The molecule has 0 amide bonds. The molecule has 0 saturated carbocycles. The Bertz CT molecular complexity index is 701. The summed E-state index contributed by atoms with van der Waals surface area (Å²) in [6, 6.07) is 7.06. The molecule has 3 rings (SSSR count). The zero-order valence-corrected chi connectivity index (χ0v) is 10.8. The van der Waals surface area contributed by atoms with E-state index in [0.29, 0.717) is 0 Å². The van der Waals surface area contributed by atoms with Crippen LogP contribution in [-0.2, 0) is 0 Å². The van der Waals surface area contributed by atoms with Crippen LogP contribution in [0.4, 0.5) is 0 Å². The fraction of sp³-hybridized carbons (Fsp3) is 0.250. The Morgan fingerprint density at radius 2 is 2.11 bits per heavy atom. The molecule has 0 unspecified atom stereocenters. The molecular weight excluding hydrogens is 248 g/mol. The van der Waals surface area contributed by atoms with E-state index >= 15 is 0 Å². The van der Waals surface area contributed by atoms with E-state index in [1.165, 1.54) is 11.3 Å². The Kier molecular flexibility index (Phi) is 2.52. The van der Waals surface area contributed by atoms with Crippen LogP contribution in [-0.4, -0.2) is 24.9 Å². The highest BCUT2D eigenvalue weighted by atomic mass is 32.1. The van der Waals surface area contributed by atoms with Crippen molar-refractivity contribution < 1.29 is 5.11 Å². The number of hydrogen-bond donors (Lipinski definition) is 1. The Morgan fingerprint density at radius 3 is 2.83 bits per heavy atom. The van der Waals surface area contributed by atoms with Gasteiger partial charge in [-0.15, -0.1) is 10.2 Å². The Hall–Kier alpha value is -1.95. The molecule has 6 heteroatoms. The van der Waals surface area contributed by atoms with Gasteiger partial charge in [0, 0.05) is 11.5 Å². The molecule has 0 aliphatic rings. The van der Waals surface area contributed by atoms with E-state index in [0.717, 1.165) is 21.4 Å². The van der Waals surface area contributed by atoms with E-state index in [1.54, 1.807) is 22.7 Å². The molecule has 0 saturated heterocycles. The van der Waals surface area contributed by atoms with Crippen molar-refractivity contribution in [2.75, 3.05) is 0 Å². The fourth-order valence-corrected chi connectivity index (χ4v) is 2.59. The molecular formula is C12H12N4OS. The van der Waals surface area contributed by atoms with E-state index in [2.05, 4.69) is 29.1 Å². The lowest BCUT2D eigenvalue weighted by Crippen LogP contribution is -1.97. The number of rotatable bonds is 2. The van der Waals surface area contributed by atoms with E-state index in [-0.39, 0.29) is 11.7 Å². The summed E-state index contributed by atoms with van der Waals surface area (Å²) in [6.07, 6.45) is 0. The first-order valence-electron chi connectivity index (χ1n) is 5.66. The van der Waals surface area contributed by atoms with Crippen molar-refractivity contribution in [3.8, 4) is 16.3 Å². The number of benzene rings is 1. The predicted molar refractivity (Wildman–Crippen MR) is 69.8 cm³/mol. The molecule has 92 valence electrons. The number of aromatic hydroxyl groups is 1. The smallest absolute Gasteiger partial charge is 0.234 e. The number of aromatic nitrogens is 4. The first-order chi connectivity index (χ1) is 8.65. The molecule has 0 spiro atoms. The monoisotopic (exact) mass is 260 g/mol. The van der Waals surface area contributed by atoms with Gasteiger partial charge in [-0.25, -0.2) is 0 Å². The molecule has 0 atom stereocenters. The maximum Gasteiger partial charge on any atom is 0.234 e. The van der Waals surface area contributed by atoms with Crippen molar-refractivity contribution >= 4 is 16.3 Å². The summed E-state index contributed by atoms with van der Waals surface area (Å²) >= 11 is 1.46. The lowest BCUT2D eigenvalue weighted by Gasteiger charge is -1.98. The van der Waals surface area contributed by atoms with Crippen molar-refractivity contribution in [2.24, 2.45) is 0 Å². The molecule has 5 nitrogen and oxygen atoms in total. The summed E-state index contributed by atoms with van der Waals surface area (Å²) in [5, 5.41) is 23.1. The average Bonchev–Trinajstić information content (AvgIpc) is 2.87. The SMILES string of the molecule is CC(C)c1nnc2sc(-c3cccc(O)c3)nn12. The van der Waals surface area contributed by atoms with Gasteiger partial charge in [0.2, 0.25) is 4.96 Å². The summed E-state index contributed by atoms with van der Waals surface area (Å²) in [6.45, 7) is 4.12. The van der Waals surface area contributed by atoms with Gasteiger partial charge in [-0.2, -0.15) is 9.61 Å². The van der Waals surface area contributed by atoms with Gasteiger partial charge < -0.3 is 5.11 Å². The van der Waals surface area contributed by atoms with E-state index < -0.39 is 0 Å². The van der Waals surface area contributed by atoms with Gasteiger partial charge in [-0.3, -0.25) is 0 Å². The topological polar surface area (TPSA) is 63.3 Å². The van der Waals surface area contributed by atoms with Crippen molar-refractivity contribution in [3.63, 3.8) is 0 Å². The summed E-state index contributed by atoms with van der Waals surface area (Å²) in [4.78, 5) is 0.775. The first kappa shape index (κ1) is 11.2. The maximum absolute atomic E-state index is 9.48. The molecule has 1 aromatic carbocycles. The summed E-state index contributed by atoms with van der Waals surface area (Å²) in [5.41, 5.74) is 0.889. The lowest BCUT2D eigenvalue weighted by molar-refractivity contribution is 0.475. The molecule has 18 heavy (non-hydrogen) atoms. The molecule has 3 aromatic rings. The van der Waals surface area contributed by atoms with Crippen molar-refractivity contribution in [3.05, 3.63) is 30.1 Å². The van der Waals surface area contributed by atoms with Crippen molar-refractivity contribution in [1.82, 2.24) is 19.8 Å². The summed E-state index contributed by atoms with van der Waals surface area (Å²) < 4.78 is 1.77. The van der Waals surface area contributed by atoms with Crippen LogP contribution >= 0.6 is 11.3 Å². The standard InChI is InChI=1S/C12H12N4OS/c1-7(2)10-13-14-12-16(10)15-11(18-12)8-4-3-5-9(17)6-8/h3-7,17H,1-2H3. The average molecular weight is 260 g/mol. The van der Waals surface area contributed by atoms with Crippen LogP contribution in [0.5, 0.6) is 5.75 Å². The van der Waals surface area contributed by atoms with Gasteiger partial charge in [-0.1, -0.05) is 37.3 Å². The van der Waals surface area contributed by atoms with E-state index in [9.17, 15) is 5.11 Å². The van der Waals surface area contributed by atoms with Crippen LogP contribution < -0.4 is 0 Å². The molecule has 0 aliphatic heterocycles. The highest BCUT2D eigenvalue weighted by Crippen LogP contribution is 2.28.